The average Bonchev–Trinajstić information content (AvgIpc) is 2.11. The molecular weight excluding hydrogens is 249 g/mol. The van der Waals surface area contributed by atoms with E-state index in [4.69, 9.17) is 11.6 Å². The van der Waals surface area contributed by atoms with Gasteiger partial charge in [0, 0.05) is 4.47 Å². The van der Waals surface area contributed by atoms with Crippen molar-refractivity contribution in [2.45, 2.75) is 6.92 Å². The predicted molar refractivity (Wildman–Crippen MR) is 61.1 cm³/mol. The zero-order chi connectivity index (χ0) is 9.68. The Morgan fingerprint density at radius 3 is 3.00 bits per heavy atom. The van der Waals surface area contributed by atoms with Crippen molar-refractivity contribution in [1.82, 2.24) is 0 Å². The monoisotopic (exact) mass is 257 g/mol. The summed E-state index contributed by atoms with van der Waals surface area (Å²) in [7, 11) is 0. The highest BCUT2D eigenvalue weighted by Crippen LogP contribution is 2.25. The summed E-state index contributed by atoms with van der Waals surface area (Å²) in [5.41, 5.74) is 0.902. The van der Waals surface area contributed by atoms with Crippen LogP contribution in [0.2, 0.25) is 5.02 Å². The Morgan fingerprint density at radius 2 is 2.31 bits per heavy atom. The molecule has 0 saturated carbocycles. The summed E-state index contributed by atoms with van der Waals surface area (Å²) in [4.78, 5) is 0. The summed E-state index contributed by atoms with van der Waals surface area (Å²) in [6, 6.07) is 5.67. The standard InChI is InChI=1S/C10H9BrClN/c1-2-3-6-13-10-7-8(11)4-5-9(10)12/h4-5,7,13H,6H2,1H3. The van der Waals surface area contributed by atoms with Gasteiger partial charge < -0.3 is 5.32 Å². The number of hydrogen-bond donors (Lipinski definition) is 1. The topological polar surface area (TPSA) is 12.0 Å². The zero-order valence-corrected chi connectivity index (χ0v) is 9.54. The van der Waals surface area contributed by atoms with E-state index in [1.165, 1.54) is 0 Å². The van der Waals surface area contributed by atoms with E-state index < -0.39 is 0 Å². The van der Waals surface area contributed by atoms with E-state index in [0.29, 0.717) is 11.6 Å². The molecule has 1 aromatic rings. The maximum atomic E-state index is 5.94. The number of anilines is 1. The molecule has 0 spiro atoms. The van der Waals surface area contributed by atoms with Crippen molar-refractivity contribution in [3.05, 3.63) is 27.7 Å². The Kier molecular flexibility index (Phi) is 4.14. The van der Waals surface area contributed by atoms with Crippen LogP contribution in [-0.2, 0) is 0 Å². The van der Waals surface area contributed by atoms with Crippen LogP contribution in [0.3, 0.4) is 0 Å². The summed E-state index contributed by atoms with van der Waals surface area (Å²) in [6.07, 6.45) is 0. The van der Waals surface area contributed by atoms with E-state index in [0.717, 1.165) is 10.2 Å². The number of nitrogens with one attached hydrogen (secondary N) is 1. The fourth-order valence-corrected chi connectivity index (χ4v) is 1.41. The number of rotatable bonds is 2. The highest BCUT2D eigenvalue weighted by molar-refractivity contribution is 9.10. The molecule has 0 aliphatic rings. The van der Waals surface area contributed by atoms with Gasteiger partial charge in [0.05, 0.1) is 17.3 Å². The van der Waals surface area contributed by atoms with Crippen molar-refractivity contribution >= 4 is 33.2 Å². The van der Waals surface area contributed by atoms with Crippen molar-refractivity contribution in [2.75, 3.05) is 11.9 Å². The van der Waals surface area contributed by atoms with Crippen LogP contribution in [0.15, 0.2) is 22.7 Å². The minimum absolute atomic E-state index is 0.618. The average molecular weight is 259 g/mol. The van der Waals surface area contributed by atoms with Crippen LogP contribution in [0, 0.1) is 11.8 Å². The SMILES string of the molecule is CC#CCNc1cc(Br)ccc1Cl. The quantitative estimate of drug-likeness (QED) is 0.800. The third-order valence-electron chi connectivity index (χ3n) is 1.47. The van der Waals surface area contributed by atoms with Crippen LogP contribution >= 0.6 is 27.5 Å². The number of hydrogen-bond acceptors (Lipinski definition) is 1. The molecule has 1 nitrogen and oxygen atoms in total. The lowest BCUT2D eigenvalue weighted by Gasteiger charge is -2.04. The van der Waals surface area contributed by atoms with Gasteiger partial charge in [0.2, 0.25) is 0 Å². The largest absolute Gasteiger partial charge is 0.373 e. The molecule has 0 aliphatic heterocycles. The van der Waals surface area contributed by atoms with E-state index in [-0.39, 0.29) is 0 Å². The van der Waals surface area contributed by atoms with Crippen molar-refractivity contribution in [3.8, 4) is 11.8 Å². The van der Waals surface area contributed by atoms with Gasteiger partial charge in [-0.15, -0.1) is 5.92 Å². The van der Waals surface area contributed by atoms with Crippen LogP contribution in [-0.4, -0.2) is 6.54 Å². The number of halogens is 2. The van der Waals surface area contributed by atoms with Crippen molar-refractivity contribution < 1.29 is 0 Å². The van der Waals surface area contributed by atoms with E-state index in [1.54, 1.807) is 0 Å². The summed E-state index contributed by atoms with van der Waals surface area (Å²) < 4.78 is 1.00. The Morgan fingerprint density at radius 1 is 1.54 bits per heavy atom. The summed E-state index contributed by atoms with van der Waals surface area (Å²) >= 11 is 9.31. The van der Waals surface area contributed by atoms with E-state index in [2.05, 4.69) is 33.1 Å². The zero-order valence-electron chi connectivity index (χ0n) is 7.20. The molecule has 0 unspecified atom stereocenters. The maximum Gasteiger partial charge on any atom is 0.0766 e. The van der Waals surface area contributed by atoms with E-state index in [9.17, 15) is 0 Å². The van der Waals surface area contributed by atoms with Crippen molar-refractivity contribution in [2.24, 2.45) is 0 Å². The Hall–Kier alpha value is -0.650. The van der Waals surface area contributed by atoms with Crippen LogP contribution in [0.25, 0.3) is 0 Å². The normalized spacial score (nSPS) is 8.85. The molecular formula is C10H9BrClN. The van der Waals surface area contributed by atoms with Gasteiger partial charge in [0.25, 0.3) is 0 Å². The number of benzene rings is 1. The molecule has 0 aromatic heterocycles. The highest BCUT2D eigenvalue weighted by atomic mass is 79.9. The molecule has 68 valence electrons. The van der Waals surface area contributed by atoms with E-state index in [1.807, 2.05) is 25.1 Å². The lowest BCUT2D eigenvalue weighted by Crippen LogP contribution is -1.98. The van der Waals surface area contributed by atoms with Crippen molar-refractivity contribution in [1.29, 1.82) is 0 Å². The first-order chi connectivity index (χ1) is 6.24. The van der Waals surface area contributed by atoms with Gasteiger partial charge >= 0.3 is 0 Å². The summed E-state index contributed by atoms with van der Waals surface area (Å²) in [5, 5.41) is 3.83. The molecule has 1 rings (SSSR count). The molecule has 0 atom stereocenters. The van der Waals surface area contributed by atoms with Crippen LogP contribution in [0.5, 0.6) is 0 Å². The highest BCUT2D eigenvalue weighted by Gasteiger charge is 1.98. The third kappa shape index (κ3) is 3.30. The third-order valence-corrected chi connectivity index (χ3v) is 2.30. The first kappa shape index (κ1) is 10.4. The molecule has 3 heteroatoms. The van der Waals surface area contributed by atoms with Gasteiger partial charge in [-0.1, -0.05) is 33.5 Å². The van der Waals surface area contributed by atoms with Crippen LogP contribution in [0.1, 0.15) is 6.92 Å². The second-order valence-electron chi connectivity index (χ2n) is 2.40. The van der Waals surface area contributed by atoms with Crippen LogP contribution in [0.4, 0.5) is 5.69 Å². The summed E-state index contributed by atoms with van der Waals surface area (Å²) in [5.74, 6) is 5.71. The Labute approximate surface area is 91.6 Å². The molecule has 1 N–H and O–H groups in total. The van der Waals surface area contributed by atoms with Gasteiger partial charge in [-0.05, 0) is 25.1 Å². The first-order valence-electron chi connectivity index (χ1n) is 3.82. The smallest absolute Gasteiger partial charge is 0.0766 e. The Bertz CT molecular complexity index is 352. The van der Waals surface area contributed by atoms with Gasteiger partial charge in [-0.3, -0.25) is 0 Å². The first-order valence-corrected chi connectivity index (χ1v) is 4.99. The van der Waals surface area contributed by atoms with E-state index >= 15 is 0 Å². The molecule has 0 fully saturated rings. The molecule has 0 saturated heterocycles. The lowest BCUT2D eigenvalue weighted by molar-refractivity contribution is 1.37. The lowest BCUT2D eigenvalue weighted by atomic mass is 10.3. The molecule has 0 amide bonds. The second-order valence-corrected chi connectivity index (χ2v) is 3.73. The molecule has 0 radical (unpaired) electrons. The van der Waals surface area contributed by atoms with Gasteiger partial charge in [-0.2, -0.15) is 0 Å². The van der Waals surface area contributed by atoms with Gasteiger partial charge in [0.1, 0.15) is 0 Å². The van der Waals surface area contributed by atoms with Crippen LogP contribution < -0.4 is 5.32 Å². The fourth-order valence-electron chi connectivity index (χ4n) is 0.861. The van der Waals surface area contributed by atoms with Crippen molar-refractivity contribution in [3.63, 3.8) is 0 Å². The predicted octanol–water partition coefficient (Wildman–Crippen LogP) is 3.54. The molecule has 0 aliphatic carbocycles. The minimum Gasteiger partial charge on any atom is -0.373 e. The maximum absolute atomic E-state index is 5.94. The molecule has 13 heavy (non-hydrogen) atoms. The second kappa shape index (κ2) is 5.16. The summed E-state index contributed by atoms with van der Waals surface area (Å²) in [6.45, 7) is 2.43. The molecule has 0 heterocycles. The van der Waals surface area contributed by atoms with Gasteiger partial charge in [-0.25, -0.2) is 0 Å². The fraction of sp³-hybridized carbons (Fsp3) is 0.200. The Balaban J connectivity index is 2.73. The minimum atomic E-state index is 0.618. The molecule has 1 aromatic carbocycles. The van der Waals surface area contributed by atoms with Gasteiger partial charge in [0.15, 0.2) is 0 Å². The molecule has 0 bridgehead atoms.